The zero-order valence-electron chi connectivity index (χ0n) is 10.5. The number of aryl methyl sites for hydroxylation is 1. The van der Waals surface area contributed by atoms with Crippen molar-refractivity contribution < 1.29 is 4.42 Å². The molecule has 2 aromatic heterocycles. The molecule has 3 aromatic rings. The highest BCUT2D eigenvalue weighted by molar-refractivity contribution is 7.13. The third-order valence-corrected chi connectivity index (χ3v) is 3.94. The summed E-state index contributed by atoms with van der Waals surface area (Å²) in [5.74, 6) is 0.961. The second-order valence-corrected chi connectivity index (χ2v) is 5.41. The van der Waals surface area contributed by atoms with Gasteiger partial charge in [-0.15, -0.1) is 11.3 Å². The summed E-state index contributed by atoms with van der Waals surface area (Å²) in [6.07, 6.45) is 0. The van der Waals surface area contributed by atoms with Gasteiger partial charge < -0.3 is 9.73 Å². The molecule has 0 aliphatic rings. The lowest BCUT2D eigenvalue weighted by atomic mass is 10.2. The minimum atomic E-state index is 0.899. The lowest BCUT2D eigenvalue weighted by Gasteiger charge is -1.92. The summed E-state index contributed by atoms with van der Waals surface area (Å²) in [6.45, 7) is 3.00. The molecule has 0 radical (unpaired) electrons. The van der Waals surface area contributed by atoms with Gasteiger partial charge in [0.15, 0.2) is 0 Å². The fraction of sp³-hybridized carbons (Fsp3) is 0.200. The van der Waals surface area contributed by atoms with Crippen LogP contribution in [0.15, 0.2) is 40.1 Å². The standard InChI is InChI=1S/C15H15NOS/c1-10-3-4-13-12(5-10)7-14(17-13)15-6-11(8-16-2)9-18-15/h3-7,9,16H,8H2,1-2H3. The van der Waals surface area contributed by atoms with Crippen LogP contribution in [0, 0.1) is 6.92 Å². The third-order valence-electron chi connectivity index (χ3n) is 2.95. The normalized spacial score (nSPS) is 11.2. The molecule has 0 spiro atoms. The van der Waals surface area contributed by atoms with E-state index in [-0.39, 0.29) is 0 Å². The number of thiophene rings is 1. The van der Waals surface area contributed by atoms with Crippen LogP contribution in [-0.4, -0.2) is 7.05 Å². The summed E-state index contributed by atoms with van der Waals surface area (Å²) < 4.78 is 5.89. The van der Waals surface area contributed by atoms with Gasteiger partial charge in [0.2, 0.25) is 0 Å². The molecule has 2 heterocycles. The first-order valence-corrected chi connectivity index (χ1v) is 6.87. The topological polar surface area (TPSA) is 25.2 Å². The van der Waals surface area contributed by atoms with Gasteiger partial charge in [0, 0.05) is 11.9 Å². The van der Waals surface area contributed by atoms with E-state index in [1.54, 1.807) is 11.3 Å². The Morgan fingerprint density at radius 3 is 2.94 bits per heavy atom. The second kappa shape index (κ2) is 4.59. The van der Waals surface area contributed by atoms with Crippen molar-refractivity contribution in [1.82, 2.24) is 5.32 Å². The Labute approximate surface area is 110 Å². The van der Waals surface area contributed by atoms with Gasteiger partial charge in [0.05, 0.1) is 4.88 Å². The lowest BCUT2D eigenvalue weighted by Crippen LogP contribution is -2.03. The fourth-order valence-corrected chi connectivity index (χ4v) is 2.95. The number of hydrogen-bond donors (Lipinski definition) is 1. The lowest BCUT2D eigenvalue weighted by molar-refractivity contribution is 0.633. The van der Waals surface area contributed by atoms with Crippen LogP contribution >= 0.6 is 11.3 Å². The summed E-state index contributed by atoms with van der Waals surface area (Å²) in [4.78, 5) is 1.19. The van der Waals surface area contributed by atoms with E-state index >= 15 is 0 Å². The van der Waals surface area contributed by atoms with Gasteiger partial charge in [-0.25, -0.2) is 0 Å². The summed E-state index contributed by atoms with van der Waals surface area (Å²) in [6, 6.07) is 10.6. The molecule has 0 amide bonds. The molecule has 1 N–H and O–H groups in total. The van der Waals surface area contributed by atoms with E-state index < -0.39 is 0 Å². The summed E-state index contributed by atoms with van der Waals surface area (Å²) in [5, 5.41) is 6.50. The van der Waals surface area contributed by atoms with Gasteiger partial charge in [-0.1, -0.05) is 11.6 Å². The first-order chi connectivity index (χ1) is 8.76. The largest absolute Gasteiger partial charge is 0.455 e. The van der Waals surface area contributed by atoms with Crippen LogP contribution in [-0.2, 0) is 6.54 Å². The van der Waals surface area contributed by atoms with Crippen molar-refractivity contribution in [2.75, 3.05) is 7.05 Å². The van der Waals surface area contributed by atoms with Gasteiger partial charge in [-0.2, -0.15) is 0 Å². The molecule has 0 saturated heterocycles. The summed E-state index contributed by atoms with van der Waals surface area (Å²) >= 11 is 1.73. The molecule has 92 valence electrons. The van der Waals surface area contributed by atoms with E-state index in [1.165, 1.54) is 21.4 Å². The maximum absolute atomic E-state index is 5.89. The van der Waals surface area contributed by atoms with E-state index in [4.69, 9.17) is 4.42 Å². The maximum Gasteiger partial charge on any atom is 0.145 e. The van der Waals surface area contributed by atoms with Crippen LogP contribution in [0.5, 0.6) is 0 Å². The van der Waals surface area contributed by atoms with Crippen LogP contribution in [0.25, 0.3) is 21.6 Å². The Balaban J connectivity index is 2.02. The number of furan rings is 1. The molecule has 0 atom stereocenters. The Hall–Kier alpha value is -1.58. The fourth-order valence-electron chi connectivity index (χ4n) is 2.09. The molecule has 0 bridgehead atoms. The van der Waals surface area contributed by atoms with E-state index in [0.717, 1.165) is 17.9 Å². The van der Waals surface area contributed by atoms with Gasteiger partial charge in [-0.05, 0) is 49.2 Å². The minimum absolute atomic E-state index is 0.899. The number of rotatable bonds is 3. The van der Waals surface area contributed by atoms with Crippen molar-refractivity contribution >= 4 is 22.3 Å². The van der Waals surface area contributed by atoms with Crippen LogP contribution in [0.1, 0.15) is 11.1 Å². The molecule has 0 aliphatic carbocycles. The molecular formula is C15H15NOS. The number of fused-ring (bicyclic) bond motifs is 1. The van der Waals surface area contributed by atoms with Crippen LogP contribution in [0.4, 0.5) is 0 Å². The predicted molar refractivity (Wildman–Crippen MR) is 77.0 cm³/mol. The van der Waals surface area contributed by atoms with Crippen LogP contribution in [0.2, 0.25) is 0 Å². The predicted octanol–water partition coefficient (Wildman–Crippen LogP) is 4.19. The quantitative estimate of drug-likeness (QED) is 0.761. The Morgan fingerprint density at radius 1 is 1.22 bits per heavy atom. The molecule has 0 unspecified atom stereocenters. The van der Waals surface area contributed by atoms with Crippen molar-refractivity contribution in [2.24, 2.45) is 0 Å². The zero-order valence-corrected chi connectivity index (χ0v) is 11.3. The van der Waals surface area contributed by atoms with Gasteiger partial charge >= 0.3 is 0 Å². The Morgan fingerprint density at radius 2 is 2.11 bits per heavy atom. The van der Waals surface area contributed by atoms with Crippen molar-refractivity contribution in [2.45, 2.75) is 13.5 Å². The van der Waals surface area contributed by atoms with E-state index in [1.807, 2.05) is 13.1 Å². The highest BCUT2D eigenvalue weighted by Gasteiger charge is 2.08. The van der Waals surface area contributed by atoms with Crippen LogP contribution < -0.4 is 5.32 Å². The second-order valence-electron chi connectivity index (χ2n) is 4.50. The van der Waals surface area contributed by atoms with Crippen molar-refractivity contribution in [3.05, 3.63) is 46.8 Å². The zero-order chi connectivity index (χ0) is 12.5. The number of hydrogen-bond acceptors (Lipinski definition) is 3. The Kier molecular flexibility index (Phi) is 2.94. The minimum Gasteiger partial charge on any atom is -0.455 e. The van der Waals surface area contributed by atoms with E-state index in [0.29, 0.717) is 0 Å². The van der Waals surface area contributed by atoms with Crippen LogP contribution in [0.3, 0.4) is 0 Å². The van der Waals surface area contributed by atoms with Crippen molar-refractivity contribution in [3.8, 4) is 10.6 Å². The molecule has 0 fully saturated rings. The molecular weight excluding hydrogens is 242 g/mol. The van der Waals surface area contributed by atoms with Gasteiger partial charge in [-0.3, -0.25) is 0 Å². The number of benzene rings is 1. The van der Waals surface area contributed by atoms with Gasteiger partial charge in [0.1, 0.15) is 11.3 Å². The average Bonchev–Trinajstić information content (AvgIpc) is 2.94. The average molecular weight is 257 g/mol. The Bertz CT molecular complexity index is 681. The number of nitrogens with one attached hydrogen (secondary N) is 1. The van der Waals surface area contributed by atoms with E-state index in [2.05, 4.69) is 41.9 Å². The van der Waals surface area contributed by atoms with Crippen molar-refractivity contribution in [1.29, 1.82) is 0 Å². The van der Waals surface area contributed by atoms with E-state index in [9.17, 15) is 0 Å². The first kappa shape index (κ1) is 11.5. The smallest absolute Gasteiger partial charge is 0.145 e. The third kappa shape index (κ3) is 2.07. The first-order valence-electron chi connectivity index (χ1n) is 5.99. The SMILES string of the molecule is CNCc1csc(-c2cc3cc(C)ccc3o2)c1. The maximum atomic E-state index is 5.89. The molecule has 0 saturated carbocycles. The molecule has 18 heavy (non-hydrogen) atoms. The summed E-state index contributed by atoms with van der Waals surface area (Å²) in [5.41, 5.74) is 3.52. The molecule has 1 aromatic carbocycles. The molecule has 3 rings (SSSR count). The summed E-state index contributed by atoms with van der Waals surface area (Å²) in [7, 11) is 1.96. The molecule has 0 aliphatic heterocycles. The molecule has 2 nitrogen and oxygen atoms in total. The van der Waals surface area contributed by atoms with Crippen molar-refractivity contribution in [3.63, 3.8) is 0 Å². The highest BCUT2D eigenvalue weighted by Crippen LogP contribution is 2.32. The highest BCUT2D eigenvalue weighted by atomic mass is 32.1. The molecule has 3 heteroatoms. The van der Waals surface area contributed by atoms with Gasteiger partial charge in [0.25, 0.3) is 0 Å². The monoisotopic (exact) mass is 257 g/mol.